The highest BCUT2D eigenvalue weighted by atomic mass is 16.6. The predicted molar refractivity (Wildman–Crippen MR) is 321 cm³/mol. The minimum Gasteiger partial charge on any atom is -0.462 e. The van der Waals surface area contributed by atoms with Crippen LogP contribution in [0.5, 0.6) is 0 Å². The number of allylic oxidation sites excluding steroid dienone is 14. The van der Waals surface area contributed by atoms with Gasteiger partial charge in [0, 0.05) is 19.3 Å². The van der Waals surface area contributed by atoms with Crippen LogP contribution in [0.3, 0.4) is 0 Å². The van der Waals surface area contributed by atoms with Crippen LogP contribution in [-0.4, -0.2) is 37.2 Å². The molecular weight excluding hydrogens is 913 g/mol. The van der Waals surface area contributed by atoms with Crippen molar-refractivity contribution in [2.24, 2.45) is 0 Å². The standard InChI is InChI=1S/C68H118O6/c1-4-7-10-13-16-19-21-23-25-27-28-29-30-31-32-33-34-35-36-37-38-39-40-41-43-44-46-49-52-55-58-61-67(70)73-64-65(63-72-66(69)60-57-54-51-48-18-15-12-9-6-3)74-68(71)62-59-56-53-50-47-45-42-26-24-22-20-17-14-11-8-5-2/h7,10,16,19,23,25,28-29,31-32,34-35,37-38,65H,4-6,8-9,11-15,17-18,20-22,24,26-27,30,33,36,39-64H2,1-3H3/b10-7-,19-16-,25-23-,29-28-,32-31-,35-34-,38-37-. The Morgan fingerprint density at radius 1 is 0.284 bits per heavy atom. The molecule has 6 nitrogen and oxygen atoms in total. The van der Waals surface area contributed by atoms with Gasteiger partial charge in [0.15, 0.2) is 6.10 Å². The Bertz CT molecular complexity index is 1420. The zero-order valence-electron chi connectivity index (χ0n) is 48.8. The van der Waals surface area contributed by atoms with Crippen molar-refractivity contribution >= 4 is 17.9 Å². The first-order chi connectivity index (χ1) is 36.5. The Morgan fingerprint density at radius 3 is 0.824 bits per heavy atom. The van der Waals surface area contributed by atoms with Crippen LogP contribution in [0.2, 0.25) is 0 Å². The minimum absolute atomic E-state index is 0.0734. The summed E-state index contributed by atoms with van der Waals surface area (Å²) in [6.45, 7) is 6.53. The van der Waals surface area contributed by atoms with Gasteiger partial charge in [-0.25, -0.2) is 0 Å². The first kappa shape index (κ1) is 70.6. The molecule has 1 unspecified atom stereocenters. The monoisotopic (exact) mass is 1030 g/mol. The molecule has 0 aliphatic heterocycles. The summed E-state index contributed by atoms with van der Waals surface area (Å²) < 4.78 is 16.9. The van der Waals surface area contributed by atoms with Crippen molar-refractivity contribution < 1.29 is 28.6 Å². The van der Waals surface area contributed by atoms with Gasteiger partial charge in [0.2, 0.25) is 0 Å². The lowest BCUT2D eigenvalue weighted by Crippen LogP contribution is -2.30. The second kappa shape index (κ2) is 62.1. The molecule has 0 saturated heterocycles. The van der Waals surface area contributed by atoms with E-state index in [1.165, 1.54) is 161 Å². The quantitative estimate of drug-likeness (QED) is 0.0261. The highest BCUT2D eigenvalue weighted by Gasteiger charge is 2.19. The van der Waals surface area contributed by atoms with Crippen molar-refractivity contribution in [2.75, 3.05) is 13.2 Å². The highest BCUT2D eigenvalue weighted by molar-refractivity contribution is 5.71. The van der Waals surface area contributed by atoms with Crippen LogP contribution in [0.25, 0.3) is 0 Å². The summed E-state index contributed by atoms with van der Waals surface area (Å²) in [6.07, 6.45) is 81.7. The number of carbonyl (C=O) groups excluding carboxylic acids is 3. The Balaban J connectivity index is 4.17. The molecular formula is C68H118O6. The molecule has 0 amide bonds. The molecule has 0 rings (SSSR count). The Labute approximate surface area is 458 Å². The molecule has 0 radical (unpaired) electrons. The van der Waals surface area contributed by atoms with E-state index in [-0.39, 0.29) is 31.1 Å². The molecule has 6 heteroatoms. The molecule has 1 atom stereocenters. The van der Waals surface area contributed by atoms with Gasteiger partial charge in [-0.1, -0.05) is 298 Å². The summed E-state index contributed by atoms with van der Waals surface area (Å²) in [5, 5.41) is 0. The molecule has 0 aliphatic carbocycles. The third kappa shape index (κ3) is 59.5. The summed E-state index contributed by atoms with van der Waals surface area (Å²) in [5.41, 5.74) is 0. The van der Waals surface area contributed by atoms with E-state index in [9.17, 15) is 14.4 Å². The SMILES string of the molecule is CC/C=C\C/C=C\C/C=C\C/C=C\C/C=C\C/C=C\C/C=C\CCCCCCCCCCCC(=O)OCC(COC(=O)CCCCCCCCCCC)OC(=O)CCCCCCCCCCCCCCCCCC. The van der Waals surface area contributed by atoms with Crippen molar-refractivity contribution in [1.29, 1.82) is 0 Å². The van der Waals surface area contributed by atoms with Gasteiger partial charge in [0.05, 0.1) is 0 Å². The van der Waals surface area contributed by atoms with E-state index in [0.717, 1.165) is 109 Å². The maximum atomic E-state index is 12.9. The number of esters is 3. The Morgan fingerprint density at radius 2 is 0.527 bits per heavy atom. The summed E-state index contributed by atoms with van der Waals surface area (Å²) in [6, 6.07) is 0. The van der Waals surface area contributed by atoms with Crippen LogP contribution in [0.4, 0.5) is 0 Å². The maximum Gasteiger partial charge on any atom is 0.306 e. The fourth-order valence-electron chi connectivity index (χ4n) is 8.95. The van der Waals surface area contributed by atoms with Crippen molar-refractivity contribution in [3.63, 3.8) is 0 Å². The van der Waals surface area contributed by atoms with Crippen molar-refractivity contribution in [1.82, 2.24) is 0 Å². The van der Waals surface area contributed by atoms with E-state index in [0.29, 0.717) is 19.3 Å². The van der Waals surface area contributed by atoms with E-state index in [2.05, 4.69) is 106 Å². The Hall–Kier alpha value is -3.41. The zero-order chi connectivity index (χ0) is 53.6. The van der Waals surface area contributed by atoms with Gasteiger partial charge in [-0.05, 0) is 77.0 Å². The lowest BCUT2D eigenvalue weighted by Gasteiger charge is -2.18. The average molecular weight is 1030 g/mol. The molecule has 0 fully saturated rings. The summed E-state index contributed by atoms with van der Waals surface area (Å²) >= 11 is 0. The fourth-order valence-corrected chi connectivity index (χ4v) is 8.95. The van der Waals surface area contributed by atoms with E-state index in [1.807, 2.05) is 0 Å². The smallest absolute Gasteiger partial charge is 0.306 e. The predicted octanol–water partition coefficient (Wildman–Crippen LogP) is 21.5. The largest absolute Gasteiger partial charge is 0.462 e. The number of hydrogen-bond acceptors (Lipinski definition) is 6. The number of carbonyl (C=O) groups is 3. The molecule has 0 aromatic carbocycles. The van der Waals surface area contributed by atoms with E-state index < -0.39 is 6.10 Å². The number of unbranched alkanes of at least 4 members (excludes halogenated alkanes) is 32. The second-order valence-electron chi connectivity index (χ2n) is 21.0. The maximum absolute atomic E-state index is 12.9. The summed E-state index contributed by atoms with van der Waals surface area (Å²) in [4.78, 5) is 38.1. The molecule has 0 bridgehead atoms. The molecule has 0 heterocycles. The third-order valence-corrected chi connectivity index (χ3v) is 13.7. The van der Waals surface area contributed by atoms with Crippen molar-refractivity contribution in [3.8, 4) is 0 Å². The Kier molecular flexibility index (Phi) is 59.3. The fraction of sp³-hybridized carbons (Fsp3) is 0.750. The number of hydrogen-bond donors (Lipinski definition) is 0. The first-order valence-corrected chi connectivity index (χ1v) is 31.6. The van der Waals surface area contributed by atoms with E-state index >= 15 is 0 Å². The van der Waals surface area contributed by atoms with Crippen molar-refractivity contribution in [3.05, 3.63) is 85.1 Å². The second-order valence-corrected chi connectivity index (χ2v) is 21.0. The van der Waals surface area contributed by atoms with Crippen LogP contribution in [0.15, 0.2) is 85.1 Å². The summed E-state index contributed by atoms with van der Waals surface area (Å²) in [5.74, 6) is -0.870. The van der Waals surface area contributed by atoms with Gasteiger partial charge in [0.25, 0.3) is 0 Å². The molecule has 426 valence electrons. The van der Waals surface area contributed by atoms with Gasteiger partial charge in [-0.2, -0.15) is 0 Å². The molecule has 0 saturated carbocycles. The minimum atomic E-state index is -0.774. The molecule has 0 aromatic heterocycles. The summed E-state index contributed by atoms with van der Waals surface area (Å²) in [7, 11) is 0. The lowest BCUT2D eigenvalue weighted by molar-refractivity contribution is -0.167. The number of rotatable bonds is 57. The van der Waals surface area contributed by atoms with Gasteiger partial charge in [-0.15, -0.1) is 0 Å². The third-order valence-electron chi connectivity index (χ3n) is 13.7. The molecule has 74 heavy (non-hydrogen) atoms. The normalized spacial score (nSPS) is 12.6. The topological polar surface area (TPSA) is 78.9 Å². The molecule has 0 aliphatic rings. The van der Waals surface area contributed by atoms with E-state index in [1.54, 1.807) is 0 Å². The van der Waals surface area contributed by atoms with Crippen LogP contribution in [0.1, 0.15) is 310 Å². The van der Waals surface area contributed by atoms with Crippen LogP contribution < -0.4 is 0 Å². The van der Waals surface area contributed by atoms with E-state index in [4.69, 9.17) is 14.2 Å². The molecule has 0 N–H and O–H groups in total. The van der Waals surface area contributed by atoms with Crippen LogP contribution in [-0.2, 0) is 28.6 Å². The number of ether oxygens (including phenoxy) is 3. The van der Waals surface area contributed by atoms with Gasteiger partial charge in [-0.3, -0.25) is 14.4 Å². The first-order valence-electron chi connectivity index (χ1n) is 31.6. The zero-order valence-corrected chi connectivity index (χ0v) is 48.8. The molecule has 0 aromatic rings. The average Bonchev–Trinajstić information content (AvgIpc) is 3.40. The van der Waals surface area contributed by atoms with Crippen LogP contribution >= 0.6 is 0 Å². The van der Waals surface area contributed by atoms with Crippen molar-refractivity contribution in [2.45, 2.75) is 316 Å². The highest BCUT2D eigenvalue weighted by Crippen LogP contribution is 2.17. The lowest BCUT2D eigenvalue weighted by atomic mass is 10.0. The van der Waals surface area contributed by atoms with Gasteiger partial charge >= 0.3 is 17.9 Å². The van der Waals surface area contributed by atoms with Gasteiger partial charge < -0.3 is 14.2 Å². The van der Waals surface area contributed by atoms with Gasteiger partial charge in [0.1, 0.15) is 13.2 Å². The molecule has 0 spiro atoms. The van der Waals surface area contributed by atoms with Crippen LogP contribution in [0, 0.1) is 0 Å².